The fourth-order valence-electron chi connectivity index (χ4n) is 5.15. The van der Waals surface area contributed by atoms with Gasteiger partial charge in [-0.25, -0.2) is 0 Å². The molecule has 0 radical (unpaired) electrons. The molecule has 0 saturated heterocycles. The van der Waals surface area contributed by atoms with E-state index in [-0.39, 0.29) is 60.2 Å². The van der Waals surface area contributed by atoms with E-state index >= 15 is 0 Å². The zero-order valence-electron chi connectivity index (χ0n) is 21.2. The van der Waals surface area contributed by atoms with Crippen molar-refractivity contribution in [3.8, 4) is 23.0 Å². The quantitative estimate of drug-likeness (QED) is 0.231. The Morgan fingerprint density at radius 3 is 0.947 bits per heavy atom. The van der Waals surface area contributed by atoms with E-state index in [2.05, 4.69) is 0 Å². The minimum Gasteiger partial charge on any atom is -0.507 e. The van der Waals surface area contributed by atoms with Crippen LogP contribution in [0.4, 0.5) is 0 Å². The molecular formula is C32H28O6. The second kappa shape index (κ2) is 9.71. The van der Waals surface area contributed by atoms with Gasteiger partial charge < -0.3 is 20.4 Å². The van der Waals surface area contributed by atoms with Crippen molar-refractivity contribution < 1.29 is 30.0 Å². The molecule has 0 aromatic heterocycles. The van der Waals surface area contributed by atoms with Gasteiger partial charge in [-0.15, -0.1) is 0 Å². The summed E-state index contributed by atoms with van der Waals surface area (Å²) >= 11 is 0. The SMILES string of the molecule is CC(=O)c1cc2c(O)c(c1)Cc1cccc(c1O)Cc1cc(C(C)=O)cc(c1O)Cc1cccc(c1O)C2. The number of ketones is 2. The molecule has 0 saturated carbocycles. The van der Waals surface area contributed by atoms with Crippen LogP contribution in [0.1, 0.15) is 79.1 Å². The largest absolute Gasteiger partial charge is 0.507 e. The van der Waals surface area contributed by atoms with Gasteiger partial charge in [0.25, 0.3) is 0 Å². The first kappa shape index (κ1) is 25.1. The van der Waals surface area contributed by atoms with Crippen LogP contribution in [0.2, 0.25) is 0 Å². The van der Waals surface area contributed by atoms with E-state index in [1.54, 1.807) is 60.7 Å². The zero-order valence-corrected chi connectivity index (χ0v) is 21.2. The molecule has 4 aromatic rings. The summed E-state index contributed by atoms with van der Waals surface area (Å²) in [5.74, 6) is -0.269. The Kier molecular flexibility index (Phi) is 6.41. The highest BCUT2D eigenvalue weighted by Crippen LogP contribution is 2.38. The number of hydrogen-bond acceptors (Lipinski definition) is 6. The van der Waals surface area contributed by atoms with Crippen molar-refractivity contribution in [1.82, 2.24) is 0 Å². The Labute approximate surface area is 220 Å². The van der Waals surface area contributed by atoms with Gasteiger partial charge in [-0.3, -0.25) is 9.59 Å². The molecule has 8 bridgehead atoms. The number of phenolic OH excluding ortho intramolecular Hbond substituents is 4. The lowest BCUT2D eigenvalue weighted by molar-refractivity contribution is 0.100. The number of para-hydroxylation sites is 2. The van der Waals surface area contributed by atoms with Crippen LogP contribution < -0.4 is 0 Å². The summed E-state index contributed by atoms with van der Waals surface area (Å²) in [4.78, 5) is 24.6. The Bertz CT molecular complexity index is 1400. The molecule has 0 atom stereocenters. The van der Waals surface area contributed by atoms with Crippen LogP contribution in [0.15, 0.2) is 60.7 Å². The summed E-state index contributed by atoms with van der Waals surface area (Å²) in [6.07, 6.45) is 0.652. The molecule has 4 N–H and O–H groups in total. The molecule has 4 aromatic carbocycles. The number of Topliss-reactive ketones (excluding diaryl/α,β-unsaturated/α-hetero) is 2. The summed E-state index contributed by atoms with van der Waals surface area (Å²) in [6.45, 7) is 2.91. The van der Waals surface area contributed by atoms with Gasteiger partial charge in [0.2, 0.25) is 0 Å². The van der Waals surface area contributed by atoms with Crippen LogP contribution in [0, 0.1) is 0 Å². The highest BCUT2D eigenvalue weighted by atomic mass is 16.3. The normalized spacial score (nSPS) is 12.7. The lowest BCUT2D eigenvalue weighted by atomic mass is 9.89. The first-order valence-electron chi connectivity index (χ1n) is 12.4. The summed E-state index contributed by atoms with van der Waals surface area (Å²) in [5.41, 5.74) is 4.95. The molecule has 1 aliphatic carbocycles. The van der Waals surface area contributed by atoms with E-state index in [0.29, 0.717) is 55.6 Å². The van der Waals surface area contributed by atoms with Crippen LogP contribution in [-0.2, 0) is 25.7 Å². The standard InChI is InChI=1S/C32H28O6/c1-17(33)23-13-25-9-19-5-3-7-21(29(19)35)11-27-15-24(18(2)34)16-28(32(27)38)12-22-8-4-6-20(30(22)36)10-26(14-23)31(25)37/h3-8,13-16,35-38H,9-12H2,1-2H3. The van der Waals surface area contributed by atoms with E-state index in [1.807, 2.05) is 0 Å². The molecule has 5 rings (SSSR count). The molecular weight excluding hydrogens is 480 g/mol. The number of benzene rings is 4. The molecule has 0 heterocycles. The third-order valence-electron chi connectivity index (χ3n) is 7.28. The van der Waals surface area contributed by atoms with Crippen LogP contribution in [0.5, 0.6) is 23.0 Å². The summed E-state index contributed by atoms with van der Waals surface area (Å²) in [6, 6.07) is 17.1. The number of carbonyl (C=O) groups excluding carboxylic acids is 2. The Morgan fingerprint density at radius 1 is 0.474 bits per heavy atom. The van der Waals surface area contributed by atoms with Crippen LogP contribution in [0.25, 0.3) is 0 Å². The van der Waals surface area contributed by atoms with E-state index in [0.717, 1.165) is 0 Å². The Morgan fingerprint density at radius 2 is 0.711 bits per heavy atom. The van der Waals surface area contributed by atoms with E-state index in [4.69, 9.17) is 0 Å². The molecule has 38 heavy (non-hydrogen) atoms. The molecule has 6 nitrogen and oxygen atoms in total. The third kappa shape index (κ3) is 4.61. The zero-order chi connectivity index (χ0) is 27.1. The molecule has 0 amide bonds. The molecule has 1 aliphatic rings. The van der Waals surface area contributed by atoms with Crippen molar-refractivity contribution in [3.63, 3.8) is 0 Å². The topological polar surface area (TPSA) is 115 Å². The van der Waals surface area contributed by atoms with E-state index in [1.165, 1.54) is 13.8 Å². The predicted molar refractivity (Wildman–Crippen MR) is 144 cm³/mol. The number of rotatable bonds is 2. The van der Waals surface area contributed by atoms with Crippen LogP contribution >= 0.6 is 0 Å². The molecule has 0 fully saturated rings. The summed E-state index contributed by atoms with van der Waals surface area (Å²) in [5, 5.41) is 44.7. The average molecular weight is 509 g/mol. The van der Waals surface area contributed by atoms with Crippen LogP contribution in [-0.4, -0.2) is 32.0 Å². The smallest absolute Gasteiger partial charge is 0.159 e. The first-order valence-corrected chi connectivity index (χ1v) is 12.4. The molecule has 0 unspecified atom stereocenters. The van der Waals surface area contributed by atoms with Gasteiger partial charge >= 0.3 is 0 Å². The lowest BCUT2D eigenvalue weighted by Crippen LogP contribution is -2.04. The minimum atomic E-state index is -0.159. The Balaban J connectivity index is 1.77. The second-order valence-electron chi connectivity index (χ2n) is 9.96. The number of carbonyl (C=O) groups is 2. The maximum absolute atomic E-state index is 12.3. The van der Waals surface area contributed by atoms with Crippen LogP contribution in [0.3, 0.4) is 0 Å². The van der Waals surface area contributed by atoms with Crippen molar-refractivity contribution in [2.24, 2.45) is 0 Å². The molecule has 0 aliphatic heterocycles. The van der Waals surface area contributed by atoms with Crippen molar-refractivity contribution in [1.29, 1.82) is 0 Å². The predicted octanol–water partition coefficient (Wildman–Crippen LogP) is 5.59. The monoisotopic (exact) mass is 508 g/mol. The van der Waals surface area contributed by atoms with Crippen molar-refractivity contribution in [2.45, 2.75) is 39.5 Å². The summed E-state index contributed by atoms with van der Waals surface area (Å²) in [7, 11) is 0. The highest BCUT2D eigenvalue weighted by Gasteiger charge is 2.21. The fourth-order valence-corrected chi connectivity index (χ4v) is 5.15. The Hall–Kier alpha value is -4.58. The van der Waals surface area contributed by atoms with Gasteiger partial charge in [-0.05, 0) is 82.6 Å². The summed E-state index contributed by atoms with van der Waals surface area (Å²) < 4.78 is 0. The maximum Gasteiger partial charge on any atom is 0.159 e. The minimum absolute atomic E-state index is 0.00524. The third-order valence-corrected chi connectivity index (χ3v) is 7.28. The average Bonchev–Trinajstić information content (AvgIpc) is 2.87. The van der Waals surface area contributed by atoms with Gasteiger partial charge in [-0.2, -0.15) is 0 Å². The van der Waals surface area contributed by atoms with Gasteiger partial charge in [-0.1, -0.05) is 36.4 Å². The van der Waals surface area contributed by atoms with Crippen molar-refractivity contribution >= 4 is 11.6 Å². The maximum atomic E-state index is 12.3. The van der Waals surface area contributed by atoms with Crippen molar-refractivity contribution in [3.05, 3.63) is 116 Å². The lowest BCUT2D eigenvalue weighted by Gasteiger charge is -2.18. The van der Waals surface area contributed by atoms with E-state index < -0.39 is 0 Å². The van der Waals surface area contributed by atoms with Gasteiger partial charge in [0.15, 0.2) is 11.6 Å². The van der Waals surface area contributed by atoms with Gasteiger partial charge in [0.1, 0.15) is 23.0 Å². The van der Waals surface area contributed by atoms with E-state index in [9.17, 15) is 30.0 Å². The van der Waals surface area contributed by atoms with Gasteiger partial charge in [0.05, 0.1) is 0 Å². The van der Waals surface area contributed by atoms with Gasteiger partial charge in [0, 0.05) is 36.8 Å². The fraction of sp³-hybridized carbons (Fsp3) is 0.188. The number of fused-ring (bicyclic) bond motifs is 8. The number of hydrogen-bond donors (Lipinski definition) is 4. The van der Waals surface area contributed by atoms with Crippen molar-refractivity contribution in [2.75, 3.05) is 0 Å². The first-order chi connectivity index (χ1) is 18.1. The molecule has 0 spiro atoms. The number of aromatic hydroxyl groups is 4. The number of phenols is 4. The highest BCUT2D eigenvalue weighted by molar-refractivity contribution is 5.95. The molecule has 6 heteroatoms. The molecule has 192 valence electrons. The second-order valence-corrected chi connectivity index (χ2v) is 9.96.